The van der Waals surface area contributed by atoms with Crippen molar-refractivity contribution in [3.05, 3.63) is 0 Å². The first kappa shape index (κ1) is 37.1. The van der Waals surface area contributed by atoms with Crippen LogP contribution in [0.4, 0.5) is 0 Å². The second kappa shape index (κ2) is 17.0. The summed E-state index contributed by atoms with van der Waals surface area (Å²) in [7, 11) is 0. The van der Waals surface area contributed by atoms with Gasteiger partial charge in [0, 0.05) is 0 Å². The fourth-order valence-corrected chi connectivity index (χ4v) is 16.8. The summed E-state index contributed by atoms with van der Waals surface area (Å²) < 4.78 is 7.45. The molecule has 3 N–H and O–H groups in total. The quantitative estimate of drug-likeness (QED) is 0.255. The molecular formula is C49H83N3O. The van der Waals surface area contributed by atoms with Crippen LogP contribution in [0.3, 0.4) is 0 Å². The maximum atomic E-state index is 7.45. The van der Waals surface area contributed by atoms with Crippen molar-refractivity contribution in [3.63, 3.8) is 0 Å². The molecule has 0 aromatic heterocycles. The summed E-state index contributed by atoms with van der Waals surface area (Å²) in [6, 6.07) is 0. The SMILES string of the molecule is C1CCC(C2CCC(C3NC(C4CCC(C5CCCCC5)CC4)NC(C4CCC5C(C4)OC4C5CC(C5CCCCC5)C5CCCCC54)N3)CC2)CC1. The molecule has 0 aromatic rings. The van der Waals surface area contributed by atoms with E-state index in [-0.39, 0.29) is 0 Å². The molecule has 0 bridgehead atoms. The van der Waals surface area contributed by atoms with Crippen LogP contribution in [0.1, 0.15) is 199 Å². The van der Waals surface area contributed by atoms with Crippen molar-refractivity contribution >= 4 is 0 Å². The van der Waals surface area contributed by atoms with Gasteiger partial charge in [0.1, 0.15) is 0 Å². The molecule has 53 heavy (non-hydrogen) atoms. The van der Waals surface area contributed by atoms with Crippen LogP contribution in [0.25, 0.3) is 0 Å². The first-order valence-corrected chi connectivity index (χ1v) is 25.2. The van der Waals surface area contributed by atoms with Crippen LogP contribution in [-0.4, -0.2) is 30.7 Å². The third-order valence-electron chi connectivity index (χ3n) is 19.6. The Labute approximate surface area is 326 Å². The second-order valence-electron chi connectivity index (χ2n) is 22.0. The molecule has 0 amide bonds. The van der Waals surface area contributed by atoms with Gasteiger partial charge in [0.05, 0.1) is 30.7 Å². The topological polar surface area (TPSA) is 45.3 Å². The van der Waals surface area contributed by atoms with Gasteiger partial charge in [-0.25, -0.2) is 0 Å². The van der Waals surface area contributed by atoms with Crippen LogP contribution >= 0.6 is 0 Å². The Kier molecular flexibility index (Phi) is 11.9. The summed E-state index contributed by atoms with van der Waals surface area (Å²) in [6.07, 6.45) is 48.8. The van der Waals surface area contributed by atoms with Crippen LogP contribution in [0, 0.1) is 76.9 Å². The number of hydrogen-bond acceptors (Lipinski definition) is 4. The number of hydrogen-bond donors (Lipinski definition) is 3. The molecule has 4 nitrogen and oxygen atoms in total. The Morgan fingerprint density at radius 2 is 0.679 bits per heavy atom. The Bertz CT molecular complexity index is 1100. The van der Waals surface area contributed by atoms with E-state index in [0.717, 1.165) is 76.9 Å². The fourth-order valence-electron chi connectivity index (χ4n) is 16.8. The Balaban J connectivity index is 0.818. The number of ether oxygens (including phenoxy) is 1. The van der Waals surface area contributed by atoms with Crippen molar-refractivity contribution in [1.29, 1.82) is 0 Å². The summed E-state index contributed by atoms with van der Waals surface area (Å²) in [6.45, 7) is 0. The lowest BCUT2D eigenvalue weighted by atomic mass is 9.54. The molecule has 8 saturated carbocycles. The van der Waals surface area contributed by atoms with Gasteiger partial charge >= 0.3 is 0 Å². The molecule has 10 fully saturated rings. The highest BCUT2D eigenvalue weighted by atomic mass is 16.5. The van der Waals surface area contributed by atoms with E-state index in [2.05, 4.69) is 16.0 Å². The molecule has 2 saturated heterocycles. The highest BCUT2D eigenvalue weighted by Crippen LogP contribution is 2.59. The predicted molar refractivity (Wildman–Crippen MR) is 218 cm³/mol. The van der Waals surface area contributed by atoms with Crippen LogP contribution in [0.15, 0.2) is 0 Å². The van der Waals surface area contributed by atoms with E-state index in [1.807, 2.05) is 0 Å². The Morgan fingerprint density at radius 1 is 0.264 bits per heavy atom. The average molecular weight is 730 g/mol. The first-order valence-electron chi connectivity index (χ1n) is 25.2. The van der Waals surface area contributed by atoms with Crippen molar-refractivity contribution in [1.82, 2.24) is 16.0 Å². The van der Waals surface area contributed by atoms with Crippen LogP contribution < -0.4 is 16.0 Å². The molecule has 2 aliphatic heterocycles. The summed E-state index contributed by atoms with van der Waals surface area (Å²) in [5, 5.41) is 13.1. The maximum absolute atomic E-state index is 7.45. The number of nitrogens with one attached hydrogen (secondary N) is 3. The van der Waals surface area contributed by atoms with Crippen molar-refractivity contribution in [2.45, 2.75) is 230 Å². The van der Waals surface area contributed by atoms with Gasteiger partial charge in [-0.2, -0.15) is 0 Å². The lowest BCUT2D eigenvalue weighted by Gasteiger charge is -2.51. The molecule has 4 heteroatoms. The van der Waals surface area contributed by atoms with Crippen molar-refractivity contribution in [3.8, 4) is 0 Å². The van der Waals surface area contributed by atoms with Gasteiger partial charge in [-0.15, -0.1) is 0 Å². The molecule has 10 aliphatic rings. The van der Waals surface area contributed by atoms with E-state index < -0.39 is 0 Å². The Hall–Kier alpha value is -0.160. The summed E-state index contributed by atoms with van der Waals surface area (Å²) in [4.78, 5) is 0. The molecule has 0 aromatic carbocycles. The maximum Gasteiger partial charge on any atom is 0.0641 e. The monoisotopic (exact) mass is 730 g/mol. The van der Waals surface area contributed by atoms with Crippen LogP contribution in [0.2, 0.25) is 0 Å². The molecule has 0 radical (unpaired) electrons. The zero-order chi connectivity index (χ0) is 35.1. The first-order chi connectivity index (χ1) is 26.2. The van der Waals surface area contributed by atoms with E-state index in [9.17, 15) is 0 Å². The fraction of sp³-hybridized carbons (Fsp3) is 1.00. The van der Waals surface area contributed by atoms with Crippen molar-refractivity contribution < 1.29 is 4.74 Å². The van der Waals surface area contributed by atoms with E-state index in [1.54, 1.807) is 12.8 Å². The van der Waals surface area contributed by atoms with E-state index in [0.29, 0.717) is 30.7 Å². The highest BCUT2D eigenvalue weighted by Gasteiger charge is 2.57. The zero-order valence-electron chi connectivity index (χ0n) is 34.2. The molecule has 10 atom stereocenters. The van der Waals surface area contributed by atoms with Crippen LogP contribution in [0.5, 0.6) is 0 Å². The van der Waals surface area contributed by atoms with Gasteiger partial charge in [0.15, 0.2) is 0 Å². The lowest BCUT2D eigenvalue weighted by Crippen LogP contribution is -2.72. The molecule has 8 aliphatic carbocycles. The minimum Gasteiger partial charge on any atom is -0.374 e. The lowest BCUT2D eigenvalue weighted by molar-refractivity contribution is -0.0890. The smallest absolute Gasteiger partial charge is 0.0641 e. The third kappa shape index (κ3) is 7.88. The largest absolute Gasteiger partial charge is 0.374 e. The third-order valence-corrected chi connectivity index (χ3v) is 19.6. The molecule has 300 valence electrons. The standard InChI is InChI=1S/C49H83N3O/c1-4-12-32(13-5-1)34-20-24-37(25-21-34)47-50-48(38-26-22-35(23-27-38)33-14-6-2-7-15-33)52-49(51-47)39-28-29-41-44-31-43(36-16-8-3-9-17-36)40-18-10-11-19-42(40)46(44)53-45(41)30-39/h32-52H,1-31H2. The molecule has 0 spiro atoms. The Morgan fingerprint density at radius 3 is 1.23 bits per heavy atom. The second-order valence-corrected chi connectivity index (χ2v) is 22.0. The van der Waals surface area contributed by atoms with E-state index >= 15 is 0 Å². The number of rotatable bonds is 6. The summed E-state index contributed by atoms with van der Waals surface area (Å²) in [5.74, 6) is 12.1. The van der Waals surface area contributed by atoms with E-state index in [4.69, 9.17) is 4.74 Å². The van der Waals surface area contributed by atoms with Crippen molar-refractivity contribution in [2.75, 3.05) is 0 Å². The molecule has 2 heterocycles. The van der Waals surface area contributed by atoms with Gasteiger partial charge < -0.3 is 4.74 Å². The van der Waals surface area contributed by atoms with Crippen LogP contribution in [-0.2, 0) is 4.74 Å². The summed E-state index contributed by atoms with van der Waals surface area (Å²) in [5.41, 5.74) is 0. The molecule has 10 rings (SSSR count). The van der Waals surface area contributed by atoms with Gasteiger partial charge in [-0.3, -0.25) is 16.0 Å². The van der Waals surface area contributed by atoms with Gasteiger partial charge in [-0.05, 0) is 167 Å². The minimum atomic E-state index is 0.461. The number of fused-ring (bicyclic) bond motifs is 5. The molecule has 10 unspecified atom stereocenters. The van der Waals surface area contributed by atoms with E-state index in [1.165, 1.54) is 186 Å². The van der Waals surface area contributed by atoms with Gasteiger partial charge in [0.2, 0.25) is 0 Å². The predicted octanol–water partition coefficient (Wildman–Crippen LogP) is 11.7. The average Bonchev–Trinajstić information content (AvgIpc) is 3.62. The highest BCUT2D eigenvalue weighted by molar-refractivity contribution is 5.06. The molecular weight excluding hydrogens is 647 g/mol. The van der Waals surface area contributed by atoms with Gasteiger partial charge in [-0.1, -0.05) is 109 Å². The van der Waals surface area contributed by atoms with Crippen molar-refractivity contribution in [2.24, 2.45) is 76.9 Å². The normalized spacial score (nSPS) is 49.5. The van der Waals surface area contributed by atoms with Gasteiger partial charge in [0.25, 0.3) is 0 Å². The minimum absolute atomic E-state index is 0.461. The summed E-state index contributed by atoms with van der Waals surface area (Å²) >= 11 is 0. The zero-order valence-corrected chi connectivity index (χ0v) is 34.2.